The van der Waals surface area contributed by atoms with Gasteiger partial charge in [0.25, 0.3) is 0 Å². The summed E-state index contributed by atoms with van der Waals surface area (Å²) in [6.45, 7) is 0.340. The molecule has 2 rings (SSSR count). The normalized spacial score (nSPS) is 10.2. The first-order valence-corrected chi connectivity index (χ1v) is 7.63. The zero-order chi connectivity index (χ0) is 18.2. The van der Waals surface area contributed by atoms with Crippen molar-refractivity contribution >= 4 is 17.5 Å². The van der Waals surface area contributed by atoms with E-state index < -0.39 is 35.6 Å². The zero-order valence-corrected chi connectivity index (χ0v) is 13.6. The molecule has 2 aromatic rings. The van der Waals surface area contributed by atoms with Crippen molar-refractivity contribution in [2.45, 2.75) is 12.8 Å². The van der Waals surface area contributed by atoms with Crippen LogP contribution in [-0.4, -0.2) is 25.5 Å². The minimum atomic E-state index is -0.895. The average molecular weight is 348 g/mol. The van der Waals surface area contributed by atoms with Gasteiger partial charge in [0.15, 0.2) is 0 Å². The molecule has 0 fully saturated rings. The third-order valence-corrected chi connectivity index (χ3v) is 3.44. The second-order valence-corrected chi connectivity index (χ2v) is 5.27. The van der Waals surface area contributed by atoms with Gasteiger partial charge in [-0.25, -0.2) is 8.78 Å². The van der Waals surface area contributed by atoms with Crippen molar-refractivity contribution in [1.29, 1.82) is 0 Å². The molecule has 132 valence electrons. The first-order valence-electron chi connectivity index (χ1n) is 7.63. The van der Waals surface area contributed by atoms with Crippen LogP contribution in [0.1, 0.15) is 12.0 Å². The minimum absolute atomic E-state index is 0.340. The third kappa shape index (κ3) is 5.56. The lowest BCUT2D eigenvalue weighted by molar-refractivity contribution is -0.126. The fourth-order valence-electron chi connectivity index (χ4n) is 2.15. The Hall–Kier alpha value is -2.96. The van der Waals surface area contributed by atoms with Crippen molar-refractivity contribution in [3.63, 3.8) is 0 Å². The number of ether oxygens (including phenoxy) is 1. The maximum Gasteiger partial charge on any atom is 0.233 e. The van der Waals surface area contributed by atoms with Crippen molar-refractivity contribution in [2.75, 3.05) is 19.0 Å². The number of hydrogen-bond donors (Lipinski definition) is 2. The van der Waals surface area contributed by atoms with Gasteiger partial charge in [-0.05, 0) is 36.2 Å². The summed E-state index contributed by atoms with van der Waals surface area (Å²) < 4.78 is 31.9. The van der Waals surface area contributed by atoms with Gasteiger partial charge in [0.1, 0.15) is 29.5 Å². The summed E-state index contributed by atoms with van der Waals surface area (Å²) in [5, 5.41) is 4.65. The lowest BCUT2D eigenvalue weighted by Gasteiger charge is -2.08. The fraction of sp³-hybridized carbons (Fsp3) is 0.222. The van der Waals surface area contributed by atoms with Gasteiger partial charge in [-0.3, -0.25) is 9.59 Å². The van der Waals surface area contributed by atoms with Crippen LogP contribution in [0.2, 0.25) is 0 Å². The molecular weight excluding hydrogens is 330 g/mol. The monoisotopic (exact) mass is 348 g/mol. The molecule has 5 nitrogen and oxygen atoms in total. The summed E-state index contributed by atoms with van der Waals surface area (Å²) in [4.78, 5) is 23.4. The van der Waals surface area contributed by atoms with Gasteiger partial charge in [-0.1, -0.05) is 18.2 Å². The van der Waals surface area contributed by atoms with E-state index in [2.05, 4.69) is 10.6 Å². The number of carbonyl (C=O) groups excluding carboxylic acids is 2. The Morgan fingerprint density at radius 3 is 2.24 bits per heavy atom. The van der Waals surface area contributed by atoms with Crippen LogP contribution in [0, 0.1) is 11.6 Å². The van der Waals surface area contributed by atoms with E-state index in [4.69, 9.17) is 4.74 Å². The van der Waals surface area contributed by atoms with Crippen LogP contribution in [0.25, 0.3) is 0 Å². The molecule has 0 radical (unpaired) electrons. The topological polar surface area (TPSA) is 67.4 Å². The van der Waals surface area contributed by atoms with Crippen molar-refractivity contribution in [3.05, 3.63) is 59.7 Å². The number of para-hydroxylation sites is 1. The summed E-state index contributed by atoms with van der Waals surface area (Å²) >= 11 is 0. The number of hydrogen-bond acceptors (Lipinski definition) is 3. The Labute approximate surface area is 144 Å². The molecule has 0 atom stereocenters. The first-order chi connectivity index (χ1) is 12.0. The molecular formula is C18H18F2N2O3. The SMILES string of the molecule is COc1ccc(CCNC(=O)CC(=O)Nc2c(F)cccc2F)cc1. The Morgan fingerprint density at radius 1 is 1.00 bits per heavy atom. The van der Waals surface area contributed by atoms with Gasteiger partial charge in [0.2, 0.25) is 11.8 Å². The summed E-state index contributed by atoms with van der Waals surface area (Å²) in [6, 6.07) is 10.6. The third-order valence-electron chi connectivity index (χ3n) is 3.44. The Morgan fingerprint density at radius 2 is 1.64 bits per heavy atom. The number of methoxy groups -OCH3 is 1. The largest absolute Gasteiger partial charge is 0.497 e. The minimum Gasteiger partial charge on any atom is -0.497 e. The summed E-state index contributed by atoms with van der Waals surface area (Å²) in [6.07, 6.45) is 0.0652. The Bertz CT molecular complexity index is 728. The van der Waals surface area contributed by atoms with E-state index in [9.17, 15) is 18.4 Å². The van der Waals surface area contributed by atoms with Crippen LogP contribution in [0.4, 0.5) is 14.5 Å². The van der Waals surface area contributed by atoms with Gasteiger partial charge in [-0.2, -0.15) is 0 Å². The number of rotatable bonds is 7. The highest BCUT2D eigenvalue weighted by molar-refractivity contribution is 6.03. The highest BCUT2D eigenvalue weighted by atomic mass is 19.1. The molecule has 0 saturated heterocycles. The lowest BCUT2D eigenvalue weighted by Crippen LogP contribution is -2.30. The van der Waals surface area contributed by atoms with Crippen LogP contribution in [0.5, 0.6) is 5.75 Å². The summed E-state index contributed by atoms with van der Waals surface area (Å²) in [5.74, 6) is -2.36. The van der Waals surface area contributed by atoms with Crippen LogP contribution in [0.15, 0.2) is 42.5 Å². The van der Waals surface area contributed by atoms with Gasteiger partial charge in [0, 0.05) is 6.54 Å². The number of amides is 2. The van der Waals surface area contributed by atoms with E-state index >= 15 is 0 Å². The smallest absolute Gasteiger partial charge is 0.233 e. The number of benzene rings is 2. The van der Waals surface area contributed by atoms with Gasteiger partial charge >= 0.3 is 0 Å². The Balaban J connectivity index is 1.76. The predicted molar refractivity (Wildman–Crippen MR) is 89.3 cm³/mol. The molecule has 0 aliphatic carbocycles. The van der Waals surface area contributed by atoms with Crippen LogP contribution < -0.4 is 15.4 Å². The van der Waals surface area contributed by atoms with Crippen molar-refractivity contribution in [1.82, 2.24) is 5.32 Å². The molecule has 0 aliphatic rings. The van der Waals surface area contributed by atoms with E-state index in [1.807, 2.05) is 24.3 Å². The summed E-state index contributed by atoms with van der Waals surface area (Å²) in [5.41, 5.74) is 0.442. The fourth-order valence-corrected chi connectivity index (χ4v) is 2.15. The van der Waals surface area contributed by atoms with E-state index in [1.165, 1.54) is 6.07 Å². The van der Waals surface area contributed by atoms with Crippen LogP contribution >= 0.6 is 0 Å². The molecule has 7 heteroatoms. The van der Waals surface area contributed by atoms with E-state index in [0.717, 1.165) is 23.4 Å². The van der Waals surface area contributed by atoms with E-state index in [-0.39, 0.29) is 0 Å². The lowest BCUT2D eigenvalue weighted by atomic mass is 10.1. The van der Waals surface area contributed by atoms with Crippen molar-refractivity contribution < 1.29 is 23.1 Å². The second-order valence-electron chi connectivity index (χ2n) is 5.27. The number of anilines is 1. The van der Waals surface area contributed by atoms with Crippen molar-refractivity contribution in [2.24, 2.45) is 0 Å². The Kier molecular flexibility index (Phi) is 6.45. The van der Waals surface area contributed by atoms with Gasteiger partial charge in [-0.15, -0.1) is 0 Å². The molecule has 0 aliphatic heterocycles. The second kappa shape index (κ2) is 8.77. The number of halogens is 2. The van der Waals surface area contributed by atoms with Gasteiger partial charge < -0.3 is 15.4 Å². The molecule has 0 aromatic heterocycles. The molecule has 0 bridgehead atoms. The molecule has 0 unspecified atom stereocenters. The number of carbonyl (C=O) groups is 2. The molecule has 2 aromatic carbocycles. The predicted octanol–water partition coefficient (Wildman–Crippen LogP) is 2.66. The maximum absolute atomic E-state index is 13.4. The van der Waals surface area contributed by atoms with Crippen LogP contribution in [0.3, 0.4) is 0 Å². The highest BCUT2D eigenvalue weighted by Crippen LogP contribution is 2.18. The van der Waals surface area contributed by atoms with Crippen molar-refractivity contribution in [3.8, 4) is 5.75 Å². The standard InChI is InChI=1S/C18H18F2N2O3/c1-25-13-7-5-12(6-8-13)9-10-21-16(23)11-17(24)22-18-14(19)3-2-4-15(18)20/h2-8H,9-11H2,1H3,(H,21,23)(H,22,24). The first kappa shape index (κ1) is 18.4. The zero-order valence-electron chi connectivity index (χ0n) is 13.6. The molecule has 2 N–H and O–H groups in total. The van der Waals surface area contributed by atoms with E-state index in [0.29, 0.717) is 13.0 Å². The molecule has 2 amide bonds. The average Bonchev–Trinajstić information content (AvgIpc) is 2.59. The molecule has 0 saturated carbocycles. The van der Waals surface area contributed by atoms with E-state index in [1.54, 1.807) is 7.11 Å². The molecule has 0 spiro atoms. The van der Waals surface area contributed by atoms with Gasteiger partial charge in [0.05, 0.1) is 7.11 Å². The highest BCUT2D eigenvalue weighted by Gasteiger charge is 2.14. The maximum atomic E-state index is 13.4. The molecule has 0 heterocycles. The number of nitrogens with one attached hydrogen (secondary N) is 2. The molecule has 25 heavy (non-hydrogen) atoms. The van der Waals surface area contributed by atoms with Crippen LogP contribution in [-0.2, 0) is 16.0 Å². The quantitative estimate of drug-likeness (QED) is 0.756. The summed E-state index contributed by atoms with van der Waals surface area (Å²) in [7, 11) is 1.58.